The van der Waals surface area contributed by atoms with E-state index in [1.54, 1.807) is 0 Å². The molecule has 0 N–H and O–H groups in total. The molecule has 0 rings (SSSR count). The number of alkyl halides is 1. The molecule has 0 aliphatic heterocycles. The first-order valence-electron chi connectivity index (χ1n) is 2.63. The van der Waals surface area contributed by atoms with Gasteiger partial charge in [0.1, 0.15) is 0 Å². The number of hydrogen-bond acceptors (Lipinski definition) is 1. The van der Waals surface area contributed by atoms with E-state index in [1.807, 2.05) is 6.07 Å². The Morgan fingerprint density at radius 2 is 2.44 bits per heavy atom. The van der Waals surface area contributed by atoms with Crippen LogP contribution >= 0.6 is 0 Å². The van der Waals surface area contributed by atoms with Crippen molar-refractivity contribution in [1.29, 1.82) is 5.26 Å². The van der Waals surface area contributed by atoms with E-state index >= 15 is 0 Å². The zero-order valence-corrected chi connectivity index (χ0v) is 5.10. The number of nitrogens with zero attached hydrogens (tertiary/aromatic N) is 1. The molecule has 9 heavy (non-hydrogen) atoms. The van der Waals surface area contributed by atoms with Gasteiger partial charge in [0.2, 0.25) is 0 Å². The highest BCUT2D eigenvalue weighted by Crippen LogP contribution is 1.95. The van der Waals surface area contributed by atoms with Gasteiger partial charge in [0.05, 0.1) is 12.7 Å². The molecule has 0 aromatic rings. The number of rotatable bonds is 3. The van der Waals surface area contributed by atoms with E-state index in [0.29, 0.717) is 12.0 Å². The van der Waals surface area contributed by atoms with E-state index in [0.717, 1.165) is 0 Å². The number of allylic oxidation sites excluding steroid dienone is 3. The lowest BCUT2D eigenvalue weighted by atomic mass is 10.2. The van der Waals surface area contributed by atoms with Crippen molar-refractivity contribution in [2.75, 3.05) is 6.67 Å². The maximum absolute atomic E-state index is 11.4. The van der Waals surface area contributed by atoms with E-state index in [2.05, 4.69) is 6.58 Å². The van der Waals surface area contributed by atoms with Crippen molar-refractivity contribution in [3.63, 3.8) is 0 Å². The van der Waals surface area contributed by atoms with Crippen molar-refractivity contribution >= 4 is 0 Å². The molecule has 1 nitrogen and oxygen atoms in total. The van der Waals surface area contributed by atoms with Crippen LogP contribution in [0.15, 0.2) is 24.3 Å². The number of hydrogen-bond donors (Lipinski definition) is 0. The van der Waals surface area contributed by atoms with Gasteiger partial charge < -0.3 is 0 Å². The first-order chi connectivity index (χ1) is 4.35. The van der Waals surface area contributed by atoms with Crippen molar-refractivity contribution in [2.24, 2.45) is 0 Å². The molecule has 0 fully saturated rings. The van der Waals surface area contributed by atoms with Crippen molar-refractivity contribution in [3.05, 3.63) is 24.3 Å². The van der Waals surface area contributed by atoms with Gasteiger partial charge in [-0.25, -0.2) is 0 Å². The molecule has 0 heterocycles. The SMILES string of the molecule is C=C/C(C#N)=C\CCF. The summed E-state index contributed by atoms with van der Waals surface area (Å²) in [5.41, 5.74) is 0.438. The second kappa shape index (κ2) is 5.04. The van der Waals surface area contributed by atoms with E-state index in [-0.39, 0.29) is 0 Å². The monoisotopic (exact) mass is 125 g/mol. The van der Waals surface area contributed by atoms with Gasteiger partial charge in [0.15, 0.2) is 0 Å². The van der Waals surface area contributed by atoms with Crippen molar-refractivity contribution < 1.29 is 4.39 Å². The predicted octanol–water partition coefficient (Wildman–Crippen LogP) is 1.98. The Balaban J connectivity index is 3.80. The molecular weight excluding hydrogens is 117 g/mol. The molecule has 0 aliphatic rings. The largest absolute Gasteiger partial charge is 0.251 e. The van der Waals surface area contributed by atoms with Crippen LogP contribution < -0.4 is 0 Å². The van der Waals surface area contributed by atoms with Crippen LogP contribution in [-0.2, 0) is 0 Å². The molecule has 0 amide bonds. The summed E-state index contributed by atoms with van der Waals surface area (Å²) in [6.07, 6.45) is 3.23. The van der Waals surface area contributed by atoms with E-state index < -0.39 is 6.67 Å². The highest BCUT2D eigenvalue weighted by atomic mass is 19.1. The third-order valence-electron chi connectivity index (χ3n) is 0.822. The van der Waals surface area contributed by atoms with Crippen LogP contribution in [0, 0.1) is 11.3 Å². The Labute approximate surface area is 54.1 Å². The maximum atomic E-state index is 11.4. The first-order valence-corrected chi connectivity index (χ1v) is 2.63. The Bertz CT molecular complexity index is 153. The molecule has 0 atom stereocenters. The van der Waals surface area contributed by atoms with Crippen LogP contribution in [0.3, 0.4) is 0 Å². The van der Waals surface area contributed by atoms with Crippen LogP contribution in [0.4, 0.5) is 4.39 Å². The molecule has 0 radical (unpaired) electrons. The summed E-state index contributed by atoms with van der Waals surface area (Å²) >= 11 is 0. The lowest BCUT2D eigenvalue weighted by Gasteiger charge is -1.83. The van der Waals surface area contributed by atoms with E-state index in [4.69, 9.17) is 5.26 Å². The molecule has 0 bridgehead atoms. The lowest BCUT2D eigenvalue weighted by Crippen LogP contribution is -1.73. The highest BCUT2D eigenvalue weighted by Gasteiger charge is 1.84. The Morgan fingerprint density at radius 1 is 1.78 bits per heavy atom. The summed E-state index contributed by atoms with van der Waals surface area (Å²) in [4.78, 5) is 0. The smallest absolute Gasteiger partial charge is 0.0988 e. The van der Waals surface area contributed by atoms with E-state index in [9.17, 15) is 4.39 Å². The Morgan fingerprint density at radius 3 is 2.78 bits per heavy atom. The van der Waals surface area contributed by atoms with Gasteiger partial charge in [-0.15, -0.1) is 0 Å². The Kier molecular flexibility index (Phi) is 4.43. The summed E-state index contributed by atoms with van der Waals surface area (Å²) in [6, 6.07) is 1.86. The molecule has 0 unspecified atom stereocenters. The van der Waals surface area contributed by atoms with Gasteiger partial charge in [-0.2, -0.15) is 5.26 Å². The molecule has 0 aliphatic carbocycles. The van der Waals surface area contributed by atoms with Crippen molar-refractivity contribution in [1.82, 2.24) is 0 Å². The summed E-state index contributed by atoms with van der Waals surface area (Å²) < 4.78 is 11.4. The van der Waals surface area contributed by atoms with Gasteiger partial charge >= 0.3 is 0 Å². The predicted molar refractivity (Wildman–Crippen MR) is 34.5 cm³/mol. The zero-order chi connectivity index (χ0) is 7.11. The molecule has 0 spiro atoms. The standard InChI is InChI=1S/C7H8FN/c1-2-7(6-9)4-3-5-8/h2,4H,1,3,5H2/b7-4+. The molecule has 0 saturated heterocycles. The molecule has 0 saturated carbocycles. The van der Waals surface area contributed by atoms with Crippen LogP contribution in [0.1, 0.15) is 6.42 Å². The minimum atomic E-state index is -0.418. The second-order valence-corrected chi connectivity index (χ2v) is 1.45. The molecule has 0 aromatic heterocycles. The van der Waals surface area contributed by atoms with Gasteiger partial charge in [-0.1, -0.05) is 18.7 Å². The van der Waals surface area contributed by atoms with Gasteiger partial charge in [-0.05, 0) is 6.42 Å². The molecule has 2 heteroatoms. The summed E-state index contributed by atoms with van der Waals surface area (Å²) in [5, 5.41) is 8.24. The van der Waals surface area contributed by atoms with Gasteiger partial charge in [0.25, 0.3) is 0 Å². The minimum absolute atomic E-state index is 0.301. The van der Waals surface area contributed by atoms with Crippen molar-refractivity contribution in [3.8, 4) is 6.07 Å². The fourth-order valence-corrected chi connectivity index (χ4v) is 0.385. The third-order valence-corrected chi connectivity index (χ3v) is 0.822. The first kappa shape index (κ1) is 7.90. The normalized spacial score (nSPS) is 10.4. The average molecular weight is 125 g/mol. The number of nitriles is 1. The summed E-state index contributed by atoms with van der Waals surface area (Å²) in [6.45, 7) is 2.95. The van der Waals surface area contributed by atoms with Crippen LogP contribution in [0.5, 0.6) is 0 Å². The topological polar surface area (TPSA) is 23.8 Å². The van der Waals surface area contributed by atoms with Gasteiger partial charge in [-0.3, -0.25) is 4.39 Å². The molecular formula is C7H8FN. The molecule has 48 valence electrons. The second-order valence-electron chi connectivity index (χ2n) is 1.45. The quantitative estimate of drug-likeness (QED) is 0.418. The van der Waals surface area contributed by atoms with Crippen LogP contribution in [0.25, 0.3) is 0 Å². The fraction of sp³-hybridized carbons (Fsp3) is 0.286. The lowest BCUT2D eigenvalue weighted by molar-refractivity contribution is 0.501. The summed E-state index contributed by atoms with van der Waals surface area (Å²) in [7, 11) is 0. The Hall–Kier alpha value is -1.10. The summed E-state index contributed by atoms with van der Waals surface area (Å²) in [5.74, 6) is 0. The van der Waals surface area contributed by atoms with E-state index in [1.165, 1.54) is 12.2 Å². The average Bonchev–Trinajstić information content (AvgIpc) is 1.91. The van der Waals surface area contributed by atoms with Crippen LogP contribution in [-0.4, -0.2) is 6.67 Å². The van der Waals surface area contributed by atoms with Crippen molar-refractivity contribution in [2.45, 2.75) is 6.42 Å². The maximum Gasteiger partial charge on any atom is 0.0988 e. The highest BCUT2D eigenvalue weighted by molar-refractivity contribution is 5.30. The third kappa shape index (κ3) is 3.48. The molecule has 0 aromatic carbocycles. The van der Waals surface area contributed by atoms with Gasteiger partial charge in [0, 0.05) is 5.57 Å². The van der Waals surface area contributed by atoms with Crippen LogP contribution in [0.2, 0.25) is 0 Å². The fourth-order valence-electron chi connectivity index (χ4n) is 0.385. The minimum Gasteiger partial charge on any atom is -0.251 e. The number of halogens is 1. The zero-order valence-electron chi connectivity index (χ0n) is 5.10.